The van der Waals surface area contributed by atoms with Crippen molar-refractivity contribution in [3.05, 3.63) is 38.8 Å². The predicted octanol–water partition coefficient (Wildman–Crippen LogP) is 5.27. The highest BCUT2D eigenvalue weighted by Gasteiger charge is 2.19. The summed E-state index contributed by atoms with van der Waals surface area (Å²) >= 11 is 13.7. The molecule has 7 heteroatoms. The normalized spacial score (nSPS) is 11.6. The van der Waals surface area contributed by atoms with Gasteiger partial charge < -0.3 is 5.32 Å². The number of nitrogens with one attached hydrogen (secondary N) is 1. The second-order valence-corrected chi connectivity index (χ2v) is 8.50. The van der Waals surface area contributed by atoms with Gasteiger partial charge in [-0.15, -0.1) is 11.3 Å². The molecule has 1 aromatic carbocycles. The summed E-state index contributed by atoms with van der Waals surface area (Å²) in [6.45, 7) is 11.9. The minimum Gasteiger partial charge on any atom is -0.350 e. The number of hydrogen-bond acceptors (Lipinski definition) is 4. The summed E-state index contributed by atoms with van der Waals surface area (Å²) in [5.41, 5.74) is 1.44. The van der Waals surface area contributed by atoms with Crippen LogP contribution in [0.1, 0.15) is 43.1 Å². The lowest BCUT2D eigenvalue weighted by Gasteiger charge is -2.30. The van der Waals surface area contributed by atoms with Crippen molar-refractivity contribution in [3.8, 4) is 10.6 Å². The molecule has 0 fully saturated rings. The lowest BCUT2D eigenvalue weighted by atomic mass is 10.2. The number of amides is 1. The molecule has 1 aromatic heterocycles. The van der Waals surface area contributed by atoms with Crippen molar-refractivity contribution in [3.63, 3.8) is 0 Å². The molecule has 0 spiro atoms. The molecule has 0 aliphatic rings. The Morgan fingerprint density at radius 1 is 1.23 bits per heavy atom. The maximum atomic E-state index is 12.6. The first-order valence-electron chi connectivity index (χ1n) is 8.68. The third-order valence-corrected chi connectivity index (χ3v) is 6.18. The molecule has 0 bridgehead atoms. The van der Waals surface area contributed by atoms with Crippen LogP contribution < -0.4 is 5.32 Å². The Bertz CT molecular complexity index is 766. The Morgan fingerprint density at radius 2 is 1.88 bits per heavy atom. The van der Waals surface area contributed by atoms with E-state index in [1.54, 1.807) is 6.07 Å². The van der Waals surface area contributed by atoms with Crippen molar-refractivity contribution >= 4 is 40.4 Å². The fourth-order valence-corrected chi connectivity index (χ4v) is 4.34. The Balaban J connectivity index is 2.09. The Morgan fingerprint density at radius 3 is 2.50 bits per heavy atom. The SMILES string of the molecule is Cc1nc(-c2cccc(Cl)c2Cl)sc1C(=O)NCCN(C(C)C)C(C)C. The minimum atomic E-state index is -0.100. The van der Waals surface area contributed by atoms with Gasteiger partial charge >= 0.3 is 0 Å². The summed E-state index contributed by atoms with van der Waals surface area (Å²) in [5, 5.41) is 4.64. The van der Waals surface area contributed by atoms with Crippen LogP contribution in [-0.4, -0.2) is 41.0 Å². The number of hydrogen-bond donors (Lipinski definition) is 1. The number of carbonyl (C=O) groups excluding carboxylic acids is 1. The zero-order valence-corrected chi connectivity index (χ0v) is 18.1. The van der Waals surface area contributed by atoms with Crippen LogP contribution in [0.15, 0.2) is 18.2 Å². The van der Waals surface area contributed by atoms with Crippen LogP contribution in [-0.2, 0) is 0 Å². The standard InChI is InChI=1S/C19H25Cl2N3OS/c1-11(2)24(12(3)4)10-9-22-18(25)17-13(5)23-19(26-17)14-7-6-8-15(20)16(14)21/h6-8,11-12H,9-10H2,1-5H3,(H,22,25). The van der Waals surface area contributed by atoms with Crippen LogP contribution in [0, 0.1) is 6.92 Å². The van der Waals surface area contributed by atoms with E-state index < -0.39 is 0 Å². The van der Waals surface area contributed by atoms with Gasteiger partial charge in [-0.1, -0.05) is 35.3 Å². The van der Waals surface area contributed by atoms with Gasteiger partial charge in [-0.25, -0.2) is 4.98 Å². The van der Waals surface area contributed by atoms with Crippen LogP contribution in [0.5, 0.6) is 0 Å². The summed E-state index contributed by atoms with van der Waals surface area (Å²) in [7, 11) is 0. The second-order valence-electron chi connectivity index (χ2n) is 6.72. The molecule has 4 nitrogen and oxygen atoms in total. The van der Waals surface area contributed by atoms with Gasteiger partial charge in [-0.3, -0.25) is 9.69 Å². The van der Waals surface area contributed by atoms with E-state index in [0.29, 0.717) is 44.3 Å². The van der Waals surface area contributed by atoms with Gasteiger partial charge in [0.1, 0.15) is 9.88 Å². The number of halogens is 2. The van der Waals surface area contributed by atoms with Crippen LogP contribution in [0.3, 0.4) is 0 Å². The fraction of sp³-hybridized carbons (Fsp3) is 0.474. The third kappa shape index (κ3) is 4.97. The average molecular weight is 414 g/mol. The molecule has 0 saturated heterocycles. The molecule has 0 aliphatic carbocycles. The van der Waals surface area contributed by atoms with Crippen molar-refractivity contribution < 1.29 is 4.79 Å². The van der Waals surface area contributed by atoms with E-state index in [9.17, 15) is 4.79 Å². The maximum Gasteiger partial charge on any atom is 0.263 e. The molecule has 1 heterocycles. The highest BCUT2D eigenvalue weighted by atomic mass is 35.5. The van der Waals surface area contributed by atoms with Gasteiger partial charge in [-0.05, 0) is 40.7 Å². The van der Waals surface area contributed by atoms with E-state index in [4.69, 9.17) is 23.2 Å². The molecule has 1 N–H and O–H groups in total. The highest BCUT2D eigenvalue weighted by molar-refractivity contribution is 7.17. The molecule has 0 atom stereocenters. The quantitative estimate of drug-likeness (QED) is 0.671. The molecular weight excluding hydrogens is 389 g/mol. The first-order chi connectivity index (χ1) is 12.2. The van der Waals surface area contributed by atoms with Gasteiger partial charge in [0.15, 0.2) is 0 Å². The van der Waals surface area contributed by atoms with Gasteiger partial charge in [0.25, 0.3) is 5.91 Å². The van der Waals surface area contributed by atoms with E-state index in [2.05, 4.69) is 42.9 Å². The molecule has 0 aliphatic heterocycles. The molecule has 1 amide bonds. The molecule has 26 heavy (non-hydrogen) atoms. The smallest absolute Gasteiger partial charge is 0.263 e. The van der Waals surface area contributed by atoms with Crippen molar-refractivity contribution in [1.29, 1.82) is 0 Å². The number of carbonyl (C=O) groups is 1. The zero-order valence-electron chi connectivity index (χ0n) is 15.8. The first-order valence-corrected chi connectivity index (χ1v) is 10.2. The number of nitrogens with zero attached hydrogens (tertiary/aromatic N) is 2. The largest absolute Gasteiger partial charge is 0.350 e. The fourth-order valence-electron chi connectivity index (χ4n) is 2.88. The summed E-state index contributed by atoms with van der Waals surface area (Å²) in [6.07, 6.45) is 0. The molecule has 0 saturated carbocycles. The van der Waals surface area contributed by atoms with Crippen LogP contribution in [0.2, 0.25) is 10.0 Å². The first kappa shape index (κ1) is 21.2. The highest BCUT2D eigenvalue weighted by Crippen LogP contribution is 2.36. The van der Waals surface area contributed by atoms with E-state index in [-0.39, 0.29) is 5.91 Å². The maximum absolute atomic E-state index is 12.6. The molecule has 0 unspecified atom stereocenters. The van der Waals surface area contributed by atoms with Crippen LogP contribution >= 0.6 is 34.5 Å². The van der Waals surface area contributed by atoms with Gasteiger partial charge in [0, 0.05) is 30.7 Å². The van der Waals surface area contributed by atoms with E-state index in [0.717, 1.165) is 12.1 Å². The Hall–Kier alpha value is -1.14. The third-order valence-electron chi connectivity index (χ3n) is 4.17. The second kappa shape index (κ2) is 9.18. The predicted molar refractivity (Wildman–Crippen MR) is 112 cm³/mol. The molecule has 0 radical (unpaired) electrons. The number of thiazole rings is 1. The number of benzene rings is 1. The number of aromatic nitrogens is 1. The van der Waals surface area contributed by atoms with Crippen molar-refractivity contribution in [2.24, 2.45) is 0 Å². The summed E-state index contributed by atoms with van der Waals surface area (Å²) < 4.78 is 0. The number of aryl methyl sites for hydroxylation is 1. The van der Waals surface area contributed by atoms with E-state index in [1.807, 2.05) is 19.1 Å². The van der Waals surface area contributed by atoms with Gasteiger partial charge in [0.05, 0.1) is 15.7 Å². The van der Waals surface area contributed by atoms with Crippen molar-refractivity contribution in [2.75, 3.05) is 13.1 Å². The Labute approximate surface area is 169 Å². The zero-order chi connectivity index (χ0) is 19.4. The van der Waals surface area contributed by atoms with Crippen LogP contribution in [0.4, 0.5) is 0 Å². The summed E-state index contributed by atoms with van der Waals surface area (Å²) in [5.74, 6) is -0.100. The summed E-state index contributed by atoms with van der Waals surface area (Å²) in [4.78, 5) is 20.0. The van der Waals surface area contributed by atoms with Crippen molar-refractivity contribution in [2.45, 2.75) is 46.7 Å². The molecule has 2 rings (SSSR count). The van der Waals surface area contributed by atoms with E-state index >= 15 is 0 Å². The molecular formula is C19H25Cl2N3OS. The van der Waals surface area contributed by atoms with Gasteiger partial charge in [0.2, 0.25) is 0 Å². The Kier molecular flexibility index (Phi) is 7.47. The van der Waals surface area contributed by atoms with E-state index in [1.165, 1.54) is 11.3 Å². The molecule has 142 valence electrons. The topological polar surface area (TPSA) is 45.2 Å². The monoisotopic (exact) mass is 413 g/mol. The minimum absolute atomic E-state index is 0.100. The lowest BCUT2D eigenvalue weighted by molar-refractivity contribution is 0.0942. The van der Waals surface area contributed by atoms with Crippen LogP contribution in [0.25, 0.3) is 10.6 Å². The number of rotatable bonds is 7. The summed E-state index contributed by atoms with van der Waals surface area (Å²) in [6, 6.07) is 6.29. The average Bonchev–Trinajstić information content (AvgIpc) is 2.94. The lowest BCUT2D eigenvalue weighted by Crippen LogP contribution is -2.42. The molecule has 2 aromatic rings. The van der Waals surface area contributed by atoms with Crippen molar-refractivity contribution in [1.82, 2.24) is 15.2 Å². The van der Waals surface area contributed by atoms with Gasteiger partial charge in [-0.2, -0.15) is 0 Å².